The van der Waals surface area contributed by atoms with Crippen molar-refractivity contribution in [1.29, 1.82) is 0 Å². The highest BCUT2D eigenvalue weighted by Crippen LogP contribution is 2.25. The minimum atomic E-state index is 1.04. The first kappa shape index (κ1) is 12.5. The number of nitrogens with zero attached hydrogens (tertiary/aromatic N) is 3. The number of benzene rings is 1. The number of aromatic nitrogens is 2. The van der Waals surface area contributed by atoms with Gasteiger partial charge in [-0.15, -0.1) is 0 Å². The molecule has 19 heavy (non-hydrogen) atoms. The first-order valence-corrected chi connectivity index (χ1v) is 7.06. The van der Waals surface area contributed by atoms with E-state index < -0.39 is 0 Å². The topological polar surface area (TPSA) is 33.1 Å². The van der Waals surface area contributed by atoms with Gasteiger partial charge in [-0.05, 0) is 44.0 Å². The molecule has 4 nitrogen and oxygen atoms in total. The molecule has 0 radical (unpaired) electrons. The first-order valence-electron chi connectivity index (χ1n) is 7.06. The Morgan fingerprint density at radius 3 is 2.84 bits per heavy atom. The third-order valence-electron chi connectivity index (χ3n) is 3.92. The van der Waals surface area contributed by atoms with E-state index in [1.165, 1.54) is 23.1 Å². The van der Waals surface area contributed by atoms with E-state index in [2.05, 4.69) is 47.8 Å². The van der Waals surface area contributed by atoms with Crippen LogP contribution in [0.25, 0.3) is 11.0 Å². The second-order valence-corrected chi connectivity index (χ2v) is 5.51. The van der Waals surface area contributed by atoms with Crippen LogP contribution in [0.5, 0.6) is 0 Å². The van der Waals surface area contributed by atoms with Crippen molar-refractivity contribution in [3.63, 3.8) is 0 Å². The highest BCUT2D eigenvalue weighted by Gasteiger charge is 2.17. The molecule has 2 heterocycles. The van der Waals surface area contributed by atoms with Gasteiger partial charge in [-0.1, -0.05) is 6.07 Å². The number of hydrogen-bond acceptors (Lipinski definition) is 3. The average molecular weight is 258 g/mol. The predicted molar refractivity (Wildman–Crippen MR) is 79.9 cm³/mol. The van der Waals surface area contributed by atoms with Gasteiger partial charge < -0.3 is 14.8 Å². The minimum Gasteiger partial charge on any atom is -0.341 e. The SMILES string of the molecule is Cc1cc(C)c2nc(N3CCCNCC3)n(C)c2c1. The zero-order valence-electron chi connectivity index (χ0n) is 12.0. The Labute approximate surface area is 114 Å². The van der Waals surface area contributed by atoms with E-state index >= 15 is 0 Å². The number of fused-ring (bicyclic) bond motifs is 1. The van der Waals surface area contributed by atoms with Crippen LogP contribution in [0.15, 0.2) is 12.1 Å². The van der Waals surface area contributed by atoms with Crippen LogP contribution in [-0.2, 0) is 7.05 Å². The molecule has 0 atom stereocenters. The molecule has 2 aromatic rings. The van der Waals surface area contributed by atoms with Crippen molar-refractivity contribution in [3.05, 3.63) is 23.3 Å². The third-order valence-corrected chi connectivity index (χ3v) is 3.92. The van der Waals surface area contributed by atoms with Crippen LogP contribution < -0.4 is 10.2 Å². The van der Waals surface area contributed by atoms with Crippen molar-refractivity contribution in [1.82, 2.24) is 14.9 Å². The van der Waals surface area contributed by atoms with Gasteiger partial charge in [-0.25, -0.2) is 4.98 Å². The molecule has 0 spiro atoms. The number of rotatable bonds is 1. The Morgan fingerprint density at radius 2 is 2.00 bits per heavy atom. The normalized spacial score (nSPS) is 16.9. The molecule has 1 aromatic carbocycles. The fraction of sp³-hybridized carbons (Fsp3) is 0.533. The summed E-state index contributed by atoms with van der Waals surface area (Å²) in [6.07, 6.45) is 1.18. The van der Waals surface area contributed by atoms with Crippen LogP contribution in [0.1, 0.15) is 17.5 Å². The smallest absolute Gasteiger partial charge is 0.206 e. The van der Waals surface area contributed by atoms with E-state index in [0.29, 0.717) is 0 Å². The highest BCUT2D eigenvalue weighted by molar-refractivity contribution is 5.82. The summed E-state index contributed by atoms with van der Waals surface area (Å²) in [6, 6.07) is 4.44. The van der Waals surface area contributed by atoms with Gasteiger partial charge in [0.05, 0.1) is 11.0 Å². The summed E-state index contributed by atoms with van der Waals surface area (Å²) in [7, 11) is 2.13. The van der Waals surface area contributed by atoms with Crippen molar-refractivity contribution in [2.75, 3.05) is 31.1 Å². The van der Waals surface area contributed by atoms with Crippen molar-refractivity contribution in [2.45, 2.75) is 20.3 Å². The van der Waals surface area contributed by atoms with Crippen LogP contribution in [0.4, 0.5) is 5.95 Å². The predicted octanol–water partition coefficient (Wildman–Crippen LogP) is 1.99. The number of imidazole rings is 1. The molecule has 0 unspecified atom stereocenters. The van der Waals surface area contributed by atoms with Gasteiger partial charge in [0.1, 0.15) is 0 Å². The Kier molecular flexibility index (Phi) is 3.19. The standard InChI is InChI=1S/C15H22N4/c1-11-9-12(2)14-13(10-11)18(3)15(17-14)19-7-4-5-16-6-8-19/h9-10,16H,4-8H2,1-3H3. The van der Waals surface area contributed by atoms with Crippen LogP contribution in [0, 0.1) is 13.8 Å². The van der Waals surface area contributed by atoms with Crippen molar-refractivity contribution < 1.29 is 0 Å². The zero-order chi connectivity index (χ0) is 13.4. The average Bonchev–Trinajstić information content (AvgIpc) is 2.58. The molecular weight excluding hydrogens is 236 g/mol. The fourth-order valence-corrected chi connectivity index (χ4v) is 2.95. The number of anilines is 1. The van der Waals surface area contributed by atoms with Gasteiger partial charge in [0, 0.05) is 26.7 Å². The lowest BCUT2D eigenvalue weighted by Crippen LogP contribution is -2.29. The van der Waals surface area contributed by atoms with Crippen LogP contribution in [-0.4, -0.2) is 35.7 Å². The van der Waals surface area contributed by atoms with E-state index in [-0.39, 0.29) is 0 Å². The molecule has 1 aromatic heterocycles. The molecule has 0 bridgehead atoms. The maximum atomic E-state index is 4.88. The number of nitrogens with one attached hydrogen (secondary N) is 1. The van der Waals surface area contributed by atoms with Crippen LogP contribution >= 0.6 is 0 Å². The third kappa shape index (κ3) is 2.21. The summed E-state index contributed by atoms with van der Waals surface area (Å²) in [6.45, 7) is 8.57. The Balaban J connectivity index is 2.08. The molecule has 0 amide bonds. The van der Waals surface area contributed by atoms with E-state index in [0.717, 1.165) is 37.6 Å². The van der Waals surface area contributed by atoms with Gasteiger partial charge in [0.2, 0.25) is 5.95 Å². The number of aryl methyl sites for hydroxylation is 3. The van der Waals surface area contributed by atoms with E-state index in [4.69, 9.17) is 4.98 Å². The molecule has 1 saturated heterocycles. The Hall–Kier alpha value is -1.55. The summed E-state index contributed by atoms with van der Waals surface area (Å²) >= 11 is 0. The molecule has 1 fully saturated rings. The monoisotopic (exact) mass is 258 g/mol. The molecule has 1 aliphatic heterocycles. The molecular formula is C15H22N4. The lowest BCUT2D eigenvalue weighted by Gasteiger charge is -2.20. The molecule has 3 rings (SSSR count). The second-order valence-electron chi connectivity index (χ2n) is 5.51. The van der Waals surface area contributed by atoms with Gasteiger partial charge in [-0.3, -0.25) is 0 Å². The number of hydrogen-bond donors (Lipinski definition) is 1. The largest absolute Gasteiger partial charge is 0.341 e. The summed E-state index contributed by atoms with van der Waals surface area (Å²) in [5.74, 6) is 1.10. The van der Waals surface area contributed by atoms with Crippen molar-refractivity contribution >= 4 is 17.0 Å². The Morgan fingerprint density at radius 1 is 1.16 bits per heavy atom. The minimum absolute atomic E-state index is 1.04. The van der Waals surface area contributed by atoms with Crippen LogP contribution in [0.3, 0.4) is 0 Å². The first-order chi connectivity index (χ1) is 9.16. The van der Waals surface area contributed by atoms with Gasteiger partial charge in [0.25, 0.3) is 0 Å². The quantitative estimate of drug-likeness (QED) is 0.849. The summed E-state index contributed by atoms with van der Waals surface area (Å²) in [4.78, 5) is 7.28. The Bertz CT molecular complexity index is 592. The summed E-state index contributed by atoms with van der Waals surface area (Å²) in [5.41, 5.74) is 4.95. The molecule has 4 heteroatoms. The summed E-state index contributed by atoms with van der Waals surface area (Å²) < 4.78 is 2.24. The molecule has 102 valence electrons. The summed E-state index contributed by atoms with van der Waals surface area (Å²) in [5, 5.41) is 3.44. The van der Waals surface area contributed by atoms with E-state index in [1.54, 1.807) is 0 Å². The van der Waals surface area contributed by atoms with Gasteiger partial charge in [-0.2, -0.15) is 0 Å². The molecule has 1 aliphatic rings. The van der Waals surface area contributed by atoms with E-state index in [9.17, 15) is 0 Å². The van der Waals surface area contributed by atoms with Crippen LogP contribution in [0.2, 0.25) is 0 Å². The molecule has 1 N–H and O–H groups in total. The zero-order valence-corrected chi connectivity index (χ0v) is 12.0. The maximum absolute atomic E-state index is 4.88. The molecule has 0 saturated carbocycles. The fourth-order valence-electron chi connectivity index (χ4n) is 2.95. The molecule has 0 aliphatic carbocycles. The van der Waals surface area contributed by atoms with E-state index in [1.807, 2.05) is 0 Å². The highest BCUT2D eigenvalue weighted by atomic mass is 15.3. The van der Waals surface area contributed by atoms with Crippen molar-refractivity contribution in [3.8, 4) is 0 Å². The maximum Gasteiger partial charge on any atom is 0.206 e. The van der Waals surface area contributed by atoms with Gasteiger partial charge in [0.15, 0.2) is 0 Å². The van der Waals surface area contributed by atoms with Crippen molar-refractivity contribution in [2.24, 2.45) is 7.05 Å². The second kappa shape index (κ2) is 4.85. The lowest BCUT2D eigenvalue weighted by atomic mass is 10.1. The van der Waals surface area contributed by atoms with Gasteiger partial charge >= 0.3 is 0 Å². The lowest BCUT2D eigenvalue weighted by molar-refractivity contribution is 0.724.